The molecule has 7 heavy (non-hydrogen) atoms. The first-order valence-corrected chi connectivity index (χ1v) is 12.9. The van der Waals surface area contributed by atoms with Gasteiger partial charge in [0.05, 0.1) is 0 Å². The first-order chi connectivity index (χ1) is 3.35. The second-order valence-electron chi connectivity index (χ2n) is 2.09. The minimum absolute atomic E-state index is 0.866. The minimum atomic E-state index is -0.866. The Morgan fingerprint density at radius 1 is 0.857 bits per heavy atom. The third-order valence-corrected chi connectivity index (χ3v) is 15.2. The van der Waals surface area contributed by atoms with Gasteiger partial charge in [0.15, 0.2) is 0 Å². The Balaban J connectivity index is 2.99. The van der Waals surface area contributed by atoms with Gasteiger partial charge in [-0.2, -0.15) is 0 Å². The summed E-state index contributed by atoms with van der Waals surface area (Å²) in [5.41, 5.74) is 0. The summed E-state index contributed by atoms with van der Waals surface area (Å²) in [4.78, 5) is 0. The molecule has 0 bridgehead atoms. The summed E-state index contributed by atoms with van der Waals surface area (Å²) < 4.78 is 4.73. The van der Waals surface area contributed by atoms with Crippen LogP contribution in [0, 0.1) is 0 Å². The summed E-state index contributed by atoms with van der Waals surface area (Å²) in [5.74, 6) is 0. The van der Waals surface area contributed by atoms with Crippen LogP contribution in [0.25, 0.3) is 0 Å². The summed E-state index contributed by atoms with van der Waals surface area (Å²) in [7, 11) is 0. The summed E-state index contributed by atoms with van der Waals surface area (Å²) in [5, 5.41) is 0. The van der Waals surface area contributed by atoms with Crippen molar-refractivity contribution in [1.82, 2.24) is 0 Å². The molecule has 0 aliphatic rings. The molecular formula is C6H16Pb. The van der Waals surface area contributed by atoms with E-state index in [1.165, 1.54) is 0 Å². The molecule has 0 fully saturated rings. The summed E-state index contributed by atoms with van der Waals surface area (Å²) in [6.45, 7) is 7.08. The Morgan fingerprint density at radius 3 is 1.14 bits per heavy atom. The normalized spacial score (nSPS) is 10.3. The predicted octanol–water partition coefficient (Wildman–Crippen LogP) is 2.27. The van der Waals surface area contributed by atoms with Crippen molar-refractivity contribution >= 4 is 22.7 Å². The van der Waals surface area contributed by atoms with Gasteiger partial charge in [0.25, 0.3) is 0 Å². The van der Waals surface area contributed by atoms with Crippen LogP contribution in [-0.4, -0.2) is 22.7 Å². The quantitative estimate of drug-likeness (QED) is 0.701. The molecule has 44 valence electrons. The van der Waals surface area contributed by atoms with Crippen LogP contribution < -0.4 is 0 Å². The van der Waals surface area contributed by atoms with Gasteiger partial charge in [0, 0.05) is 0 Å². The molecule has 0 N–H and O–H groups in total. The molecule has 0 atom stereocenters. The first-order valence-electron chi connectivity index (χ1n) is 3.35. The van der Waals surface area contributed by atoms with Crippen LogP contribution in [0.15, 0.2) is 0 Å². The van der Waals surface area contributed by atoms with E-state index in [9.17, 15) is 0 Å². The van der Waals surface area contributed by atoms with E-state index >= 15 is 0 Å². The van der Waals surface area contributed by atoms with E-state index in [1.807, 2.05) is 0 Å². The summed E-state index contributed by atoms with van der Waals surface area (Å²) >= 11 is -0.866. The van der Waals surface area contributed by atoms with Gasteiger partial charge in [-0.15, -0.1) is 0 Å². The molecule has 0 aliphatic heterocycles. The third-order valence-electron chi connectivity index (χ3n) is 1.73. The standard InChI is InChI=1S/3C2H5.Pb.H/c3*1-2;;/h3*1H2,2H3;;. The van der Waals surface area contributed by atoms with Gasteiger partial charge in [0.1, 0.15) is 0 Å². The third kappa shape index (κ3) is 3.50. The SMILES string of the molecule is C[CH2][PbH]([CH2]C)[CH2]C. The monoisotopic (exact) mass is 296 g/mol. The maximum atomic E-state index is 2.36. The van der Waals surface area contributed by atoms with Crippen LogP contribution in [0.2, 0.25) is 11.9 Å². The van der Waals surface area contributed by atoms with Crippen molar-refractivity contribution in [3.05, 3.63) is 0 Å². The van der Waals surface area contributed by atoms with Crippen molar-refractivity contribution in [1.29, 1.82) is 0 Å². The van der Waals surface area contributed by atoms with Crippen molar-refractivity contribution in [2.45, 2.75) is 32.7 Å². The fourth-order valence-corrected chi connectivity index (χ4v) is 7.60. The van der Waals surface area contributed by atoms with Crippen molar-refractivity contribution < 1.29 is 0 Å². The summed E-state index contributed by atoms with van der Waals surface area (Å²) in [6.07, 6.45) is 0. The molecule has 0 aromatic carbocycles. The van der Waals surface area contributed by atoms with Crippen LogP contribution in [0.1, 0.15) is 20.8 Å². The molecule has 1 heteroatoms. The molecule has 0 aliphatic carbocycles. The van der Waals surface area contributed by atoms with Gasteiger partial charge in [-0.25, -0.2) is 0 Å². The van der Waals surface area contributed by atoms with Crippen LogP contribution in [0.4, 0.5) is 0 Å². The molecule has 0 spiro atoms. The first kappa shape index (κ1) is 7.92. The molecule has 0 nitrogen and oxygen atoms in total. The van der Waals surface area contributed by atoms with E-state index in [1.54, 1.807) is 11.9 Å². The van der Waals surface area contributed by atoms with Gasteiger partial charge >= 0.3 is 55.4 Å². The van der Waals surface area contributed by atoms with E-state index in [-0.39, 0.29) is 0 Å². The zero-order valence-electron chi connectivity index (χ0n) is 5.70. The van der Waals surface area contributed by atoms with E-state index < -0.39 is 22.7 Å². The molecule has 0 radical (unpaired) electrons. The van der Waals surface area contributed by atoms with Crippen molar-refractivity contribution in [3.8, 4) is 0 Å². The topological polar surface area (TPSA) is 0 Å². The van der Waals surface area contributed by atoms with Crippen molar-refractivity contribution in [2.75, 3.05) is 0 Å². The molecule has 0 heterocycles. The predicted molar refractivity (Wildman–Crippen MR) is 38.6 cm³/mol. The van der Waals surface area contributed by atoms with Crippen LogP contribution >= 0.6 is 0 Å². The fourth-order valence-electron chi connectivity index (χ4n) is 0.866. The Bertz CT molecular complexity index is 25.7. The van der Waals surface area contributed by atoms with Crippen LogP contribution in [0.5, 0.6) is 0 Å². The second-order valence-corrected chi connectivity index (χ2v) is 18.3. The molecule has 0 saturated carbocycles. The fraction of sp³-hybridized carbons (Fsp3) is 1.00. The zero-order chi connectivity index (χ0) is 5.70. The molecule has 0 amide bonds. The van der Waals surface area contributed by atoms with Gasteiger partial charge in [-0.1, -0.05) is 0 Å². The number of hydrogen-bond donors (Lipinski definition) is 0. The Labute approximate surface area is 55.4 Å². The van der Waals surface area contributed by atoms with Gasteiger partial charge in [-0.05, 0) is 0 Å². The van der Waals surface area contributed by atoms with Crippen LogP contribution in [0.3, 0.4) is 0 Å². The molecule has 0 saturated heterocycles. The molecule has 0 rings (SSSR count). The van der Waals surface area contributed by atoms with Gasteiger partial charge in [-0.3, -0.25) is 0 Å². The van der Waals surface area contributed by atoms with E-state index in [2.05, 4.69) is 20.8 Å². The Hall–Kier alpha value is 0.922. The zero-order valence-corrected chi connectivity index (χ0v) is 10.2. The van der Waals surface area contributed by atoms with Crippen molar-refractivity contribution in [2.24, 2.45) is 0 Å². The molecular weight excluding hydrogens is 279 g/mol. The van der Waals surface area contributed by atoms with E-state index in [4.69, 9.17) is 0 Å². The molecule has 0 aromatic rings. The average molecular weight is 295 g/mol. The van der Waals surface area contributed by atoms with Gasteiger partial charge in [0.2, 0.25) is 0 Å². The molecule has 0 unspecified atom stereocenters. The van der Waals surface area contributed by atoms with Crippen molar-refractivity contribution in [3.63, 3.8) is 0 Å². The maximum absolute atomic E-state index is 2.36. The summed E-state index contributed by atoms with van der Waals surface area (Å²) in [6, 6.07) is 0. The van der Waals surface area contributed by atoms with E-state index in [0.717, 1.165) is 0 Å². The number of rotatable bonds is 3. The Morgan fingerprint density at radius 2 is 1.14 bits per heavy atom. The van der Waals surface area contributed by atoms with Gasteiger partial charge < -0.3 is 0 Å². The van der Waals surface area contributed by atoms with Crippen LogP contribution in [-0.2, 0) is 0 Å². The second kappa shape index (κ2) is 5.07. The molecule has 0 aromatic heterocycles. The van der Waals surface area contributed by atoms with E-state index in [0.29, 0.717) is 0 Å². The Kier molecular flexibility index (Phi) is 5.73. The average Bonchev–Trinajstić information content (AvgIpc) is 1.72. The number of hydrogen-bond acceptors (Lipinski definition) is 0.